The molecule has 1 aromatic carbocycles. The molecule has 2 aromatic heterocycles. The van der Waals surface area contributed by atoms with Crippen molar-refractivity contribution in [3.8, 4) is 0 Å². The first-order valence-electron chi connectivity index (χ1n) is 8.48. The van der Waals surface area contributed by atoms with Crippen molar-refractivity contribution in [2.75, 3.05) is 11.9 Å². The molecule has 0 unspecified atom stereocenters. The molecule has 6 heteroatoms. The zero-order chi connectivity index (χ0) is 18.1. The van der Waals surface area contributed by atoms with E-state index in [0.717, 1.165) is 22.3 Å². The lowest BCUT2D eigenvalue weighted by molar-refractivity contribution is -0.126. The summed E-state index contributed by atoms with van der Waals surface area (Å²) < 4.78 is 14.3. The highest BCUT2D eigenvalue weighted by atomic mass is 79.9. The molecular weight excluding hydrogens is 397 g/mol. The van der Waals surface area contributed by atoms with Gasteiger partial charge in [-0.2, -0.15) is 0 Å². The molecule has 0 N–H and O–H groups in total. The fraction of sp³-hybridized carbons (Fsp3) is 0.250. The normalized spacial score (nSPS) is 24.2. The summed E-state index contributed by atoms with van der Waals surface area (Å²) in [6, 6.07) is 9.05. The maximum absolute atomic E-state index is 14.0. The number of hydrogen-bond donors (Lipinski definition) is 0. The predicted octanol–water partition coefficient (Wildman–Crippen LogP) is 4.32. The van der Waals surface area contributed by atoms with Crippen LogP contribution >= 0.6 is 15.9 Å². The molecule has 1 aliphatic heterocycles. The van der Waals surface area contributed by atoms with Crippen molar-refractivity contribution < 1.29 is 9.18 Å². The first kappa shape index (κ1) is 15.9. The number of pyridine rings is 2. The number of halogens is 2. The molecule has 3 aromatic rings. The van der Waals surface area contributed by atoms with Crippen LogP contribution in [0.2, 0.25) is 0 Å². The van der Waals surface area contributed by atoms with Crippen LogP contribution in [0.15, 0.2) is 47.2 Å². The smallest absolute Gasteiger partial charge is 0.237 e. The van der Waals surface area contributed by atoms with Gasteiger partial charge in [0.05, 0.1) is 27.3 Å². The number of hydrogen-bond acceptors (Lipinski definition) is 3. The van der Waals surface area contributed by atoms with Gasteiger partial charge in [0.25, 0.3) is 0 Å². The Labute approximate surface area is 158 Å². The lowest BCUT2D eigenvalue weighted by atomic mass is 9.57. The van der Waals surface area contributed by atoms with E-state index in [2.05, 4.69) is 25.9 Å². The summed E-state index contributed by atoms with van der Waals surface area (Å²) in [5.74, 6) is -0.00215. The van der Waals surface area contributed by atoms with Gasteiger partial charge in [0.1, 0.15) is 5.82 Å². The first-order valence-corrected chi connectivity index (χ1v) is 9.28. The van der Waals surface area contributed by atoms with Crippen LogP contribution in [0.5, 0.6) is 0 Å². The molecule has 1 aliphatic carbocycles. The minimum Gasteiger partial charge on any atom is -0.313 e. The molecule has 26 heavy (non-hydrogen) atoms. The third kappa shape index (κ3) is 1.96. The Morgan fingerprint density at radius 1 is 1.27 bits per heavy atom. The van der Waals surface area contributed by atoms with E-state index in [1.165, 1.54) is 6.07 Å². The van der Waals surface area contributed by atoms with Crippen LogP contribution in [-0.2, 0) is 10.2 Å². The second kappa shape index (κ2) is 5.33. The number of carbonyl (C=O) groups excluding carboxylic acids is 1. The molecule has 5 rings (SSSR count). The number of benzene rings is 1. The third-order valence-corrected chi connectivity index (χ3v) is 6.35. The molecule has 130 valence electrons. The second-order valence-corrected chi connectivity index (χ2v) is 7.96. The van der Waals surface area contributed by atoms with E-state index in [0.29, 0.717) is 22.8 Å². The Morgan fingerprint density at radius 2 is 2.08 bits per heavy atom. The highest BCUT2D eigenvalue weighted by Gasteiger charge is 2.59. The maximum Gasteiger partial charge on any atom is 0.237 e. The summed E-state index contributed by atoms with van der Waals surface area (Å²) in [5.41, 5.74) is 2.83. The van der Waals surface area contributed by atoms with E-state index in [1.54, 1.807) is 30.4 Å². The van der Waals surface area contributed by atoms with Crippen molar-refractivity contribution in [1.82, 2.24) is 9.97 Å². The van der Waals surface area contributed by atoms with Gasteiger partial charge in [-0.1, -0.05) is 6.07 Å². The Balaban J connectivity index is 1.67. The summed E-state index contributed by atoms with van der Waals surface area (Å²) in [6.07, 6.45) is 4.91. The van der Waals surface area contributed by atoms with Crippen molar-refractivity contribution in [2.24, 2.45) is 0 Å². The Hall–Kier alpha value is -2.34. The van der Waals surface area contributed by atoms with E-state index in [4.69, 9.17) is 0 Å². The first-order chi connectivity index (χ1) is 12.5. The monoisotopic (exact) mass is 411 g/mol. The summed E-state index contributed by atoms with van der Waals surface area (Å²) >= 11 is 3.27. The van der Waals surface area contributed by atoms with Gasteiger partial charge >= 0.3 is 0 Å². The number of amides is 1. The minimum atomic E-state index is -0.565. The highest BCUT2D eigenvalue weighted by molar-refractivity contribution is 9.10. The Morgan fingerprint density at radius 3 is 2.81 bits per heavy atom. The lowest BCUT2D eigenvalue weighted by Gasteiger charge is -2.44. The summed E-state index contributed by atoms with van der Waals surface area (Å²) in [4.78, 5) is 23.6. The molecule has 0 radical (unpaired) electrons. The van der Waals surface area contributed by atoms with Gasteiger partial charge in [-0.15, -0.1) is 0 Å². The van der Waals surface area contributed by atoms with Crippen molar-refractivity contribution in [3.05, 3.63) is 64.3 Å². The molecule has 4 nitrogen and oxygen atoms in total. The molecule has 1 fully saturated rings. The molecule has 1 spiro atoms. The number of aromatic nitrogens is 2. The largest absolute Gasteiger partial charge is 0.313 e. The summed E-state index contributed by atoms with van der Waals surface area (Å²) in [7, 11) is 1.79. The second-order valence-electron chi connectivity index (χ2n) is 7.11. The molecule has 2 aliphatic rings. The van der Waals surface area contributed by atoms with Gasteiger partial charge in [0.2, 0.25) is 5.91 Å². The van der Waals surface area contributed by atoms with Crippen LogP contribution in [0.4, 0.5) is 10.1 Å². The molecule has 0 saturated heterocycles. The Kier molecular flexibility index (Phi) is 3.26. The standard InChI is InChI=1S/C20H15BrFN3O/c1-25-17-10-24-16-7-14(22)13(21)6-12(16)18(17)20(19(25)26)8-11(9-20)15-4-2-3-5-23-15/h2-7,10-11H,8-9H2,1H3/t11-,20-. The van der Waals surface area contributed by atoms with E-state index in [9.17, 15) is 9.18 Å². The van der Waals surface area contributed by atoms with Crippen molar-refractivity contribution in [2.45, 2.75) is 24.2 Å². The van der Waals surface area contributed by atoms with Crippen LogP contribution < -0.4 is 4.90 Å². The molecule has 1 amide bonds. The fourth-order valence-electron chi connectivity index (χ4n) is 4.46. The lowest BCUT2D eigenvalue weighted by Crippen LogP contribution is -2.48. The van der Waals surface area contributed by atoms with Gasteiger partial charge in [-0.3, -0.25) is 14.8 Å². The van der Waals surface area contributed by atoms with E-state index in [-0.39, 0.29) is 17.6 Å². The SMILES string of the molecule is CN1c2cnc3cc(F)c(Br)cc3c2[C@]2(C[C@@H](c3ccccn3)C2)C1=O. The van der Waals surface area contributed by atoms with E-state index >= 15 is 0 Å². The zero-order valence-corrected chi connectivity index (χ0v) is 15.6. The number of rotatable bonds is 1. The van der Waals surface area contributed by atoms with Gasteiger partial charge in [0, 0.05) is 41.9 Å². The Bertz CT molecular complexity index is 1060. The zero-order valence-electron chi connectivity index (χ0n) is 14.0. The van der Waals surface area contributed by atoms with Crippen LogP contribution in [-0.4, -0.2) is 22.9 Å². The van der Waals surface area contributed by atoms with Gasteiger partial charge < -0.3 is 4.90 Å². The summed E-state index contributed by atoms with van der Waals surface area (Å²) in [5, 5.41) is 0.841. The van der Waals surface area contributed by atoms with Crippen LogP contribution in [0.25, 0.3) is 10.9 Å². The molecular formula is C20H15BrFN3O. The van der Waals surface area contributed by atoms with E-state index in [1.807, 2.05) is 18.2 Å². The minimum absolute atomic E-state index is 0.0921. The van der Waals surface area contributed by atoms with Crippen LogP contribution in [0.3, 0.4) is 0 Å². The molecule has 0 atom stereocenters. The number of likely N-dealkylation sites (N-methyl/N-ethyl adjacent to an activating group) is 1. The van der Waals surface area contributed by atoms with Crippen molar-refractivity contribution in [3.63, 3.8) is 0 Å². The quantitative estimate of drug-likeness (QED) is 0.598. The maximum atomic E-state index is 14.0. The van der Waals surface area contributed by atoms with E-state index < -0.39 is 5.41 Å². The number of anilines is 1. The number of carbonyl (C=O) groups is 1. The average molecular weight is 412 g/mol. The van der Waals surface area contributed by atoms with Gasteiger partial charge in [-0.05, 0) is 47.0 Å². The van der Waals surface area contributed by atoms with Crippen LogP contribution in [0, 0.1) is 5.82 Å². The van der Waals surface area contributed by atoms with Gasteiger partial charge in [0.15, 0.2) is 0 Å². The average Bonchev–Trinajstić information content (AvgIpc) is 2.84. The fourth-order valence-corrected chi connectivity index (χ4v) is 4.80. The molecule has 3 heterocycles. The van der Waals surface area contributed by atoms with Crippen LogP contribution in [0.1, 0.15) is 30.0 Å². The topological polar surface area (TPSA) is 46.1 Å². The molecule has 0 bridgehead atoms. The number of nitrogens with zero attached hydrogens (tertiary/aromatic N) is 3. The van der Waals surface area contributed by atoms with Crippen molar-refractivity contribution in [1.29, 1.82) is 0 Å². The van der Waals surface area contributed by atoms with Crippen molar-refractivity contribution >= 4 is 38.4 Å². The third-order valence-electron chi connectivity index (χ3n) is 5.74. The highest BCUT2D eigenvalue weighted by Crippen LogP contribution is 2.60. The molecule has 1 saturated carbocycles. The number of fused-ring (bicyclic) bond motifs is 4. The van der Waals surface area contributed by atoms with Gasteiger partial charge in [-0.25, -0.2) is 4.39 Å². The predicted molar refractivity (Wildman–Crippen MR) is 101 cm³/mol. The summed E-state index contributed by atoms with van der Waals surface area (Å²) in [6.45, 7) is 0.